The number of benzene rings is 1. The first-order chi connectivity index (χ1) is 8.25. The number of esters is 1. The zero-order valence-electron chi connectivity index (χ0n) is 9.43. The van der Waals surface area contributed by atoms with Gasteiger partial charge in [0.1, 0.15) is 11.9 Å². The molecular weight excluding hydrogens is 222 g/mol. The first kappa shape index (κ1) is 11.7. The van der Waals surface area contributed by atoms with Crippen LogP contribution < -0.4 is 10.5 Å². The topological polar surface area (TPSA) is 70.8 Å². The maximum atomic E-state index is 11.3. The van der Waals surface area contributed by atoms with Crippen LogP contribution in [-0.2, 0) is 14.3 Å². The number of rotatable bonds is 5. The van der Waals surface area contributed by atoms with E-state index in [-0.39, 0.29) is 25.1 Å². The van der Waals surface area contributed by atoms with Crippen LogP contribution >= 0.6 is 0 Å². The molecule has 5 heteroatoms. The lowest BCUT2D eigenvalue weighted by Gasteiger charge is -2.25. The summed E-state index contributed by atoms with van der Waals surface area (Å²) in [5.74, 6) is 0.320. The second-order valence-electron chi connectivity index (χ2n) is 3.79. The molecule has 1 aliphatic heterocycles. The SMILES string of the molecule is Nc1ccccc1OCCC(=O)OC1COC1. The van der Waals surface area contributed by atoms with Gasteiger partial charge < -0.3 is 19.9 Å². The molecule has 0 amide bonds. The highest BCUT2D eigenvalue weighted by molar-refractivity contribution is 5.69. The van der Waals surface area contributed by atoms with Gasteiger partial charge in [0.05, 0.1) is 31.9 Å². The summed E-state index contributed by atoms with van der Waals surface area (Å²) in [5.41, 5.74) is 6.25. The van der Waals surface area contributed by atoms with E-state index in [0.29, 0.717) is 24.7 Å². The molecule has 2 N–H and O–H groups in total. The summed E-state index contributed by atoms with van der Waals surface area (Å²) in [4.78, 5) is 11.3. The fraction of sp³-hybridized carbons (Fsp3) is 0.417. The molecule has 0 saturated carbocycles. The van der Waals surface area contributed by atoms with Gasteiger partial charge in [-0.2, -0.15) is 0 Å². The Morgan fingerprint density at radius 3 is 2.82 bits per heavy atom. The molecule has 0 atom stereocenters. The molecule has 0 aromatic heterocycles. The lowest BCUT2D eigenvalue weighted by Crippen LogP contribution is -2.38. The van der Waals surface area contributed by atoms with E-state index in [1.54, 1.807) is 12.1 Å². The summed E-state index contributed by atoms with van der Waals surface area (Å²) >= 11 is 0. The molecule has 1 heterocycles. The van der Waals surface area contributed by atoms with Crippen molar-refractivity contribution in [2.45, 2.75) is 12.5 Å². The molecular formula is C12H15NO4. The minimum absolute atomic E-state index is 0.0794. The number of ether oxygens (including phenoxy) is 3. The maximum Gasteiger partial charge on any atom is 0.309 e. The second kappa shape index (κ2) is 5.54. The third-order valence-electron chi connectivity index (χ3n) is 2.39. The molecule has 1 saturated heterocycles. The van der Waals surface area contributed by atoms with Gasteiger partial charge in [0.25, 0.3) is 0 Å². The Kier molecular flexibility index (Phi) is 3.82. The van der Waals surface area contributed by atoms with Crippen LogP contribution in [0, 0.1) is 0 Å². The van der Waals surface area contributed by atoms with Crippen LogP contribution in [0.25, 0.3) is 0 Å². The van der Waals surface area contributed by atoms with Crippen molar-refractivity contribution < 1.29 is 19.0 Å². The molecule has 0 spiro atoms. The van der Waals surface area contributed by atoms with Gasteiger partial charge in [0, 0.05) is 0 Å². The largest absolute Gasteiger partial charge is 0.491 e. The number of carbonyl (C=O) groups excluding carboxylic acids is 1. The van der Waals surface area contributed by atoms with E-state index in [1.165, 1.54) is 0 Å². The van der Waals surface area contributed by atoms with Crippen LogP contribution in [0.3, 0.4) is 0 Å². The molecule has 1 aromatic rings. The first-order valence-electron chi connectivity index (χ1n) is 5.50. The molecule has 0 aliphatic carbocycles. The minimum atomic E-state index is -0.271. The fourth-order valence-electron chi connectivity index (χ4n) is 1.38. The summed E-state index contributed by atoms with van der Waals surface area (Å²) in [6.45, 7) is 1.26. The van der Waals surface area contributed by atoms with Gasteiger partial charge in [0.2, 0.25) is 0 Å². The molecule has 0 radical (unpaired) electrons. The van der Waals surface area contributed by atoms with Crippen molar-refractivity contribution in [3.63, 3.8) is 0 Å². The van der Waals surface area contributed by atoms with Crippen LogP contribution in [-0.4, -0.2) is 31.9 Å². The summed E-state index contributed by atoms with van der Waals surface area (Å²) in [7, 11) is 0. The van der Waals surface area contributed by atoms with Crippen molar-refractivity contribution in [1.82, 2.24) is 0 Å². The predicted octanol–water partition coefficient (Wildman–Crippen LogP) is 0.980. The third-order valence-corrected chi connectivity index (χ3v) is 2.39. The van der Waals surface area contributed by atoms with Gasteiger partial charge in [0.15, 0.2) is 0 Å². The Morgan fingerprint density at radius 2 is 2.18 bits per heavy atom. The van der Waals surface area contributed by atoms with Crippen LogP contribution in [0.5, 0.6) is 5.75 Å². The Hall–Kier alpha value is -1.75. The number of carbonyl (C=O) groups is 1. The summed E-state index contributed by atoms with van der Waals surface area (Å²) in [6, 6.07) is 7.17. The number of para-hydroxylation sites is 2. The monoisotopic (exact) mass is 237 g/mol. The average Bonchev–Trinajstić information content (AvgIpc) is 2.26. The van der Waals surface area contributed by atoms with Gasteiger partial charge in [-0.15, -0.1) is 0 Å². The Balaban J connectivity index is 1.68. The predicted molar refractivity (Wildman–Crippen MR) is 61.7 cm³/mol. The van der Waals surface area contributed by atoms with Gasteiger partial charge in [-0.25, -0.2) is 0 Å². The quantitative estimate of drug-likeness (QED) is 0.610. The molecule has 1 aromatic carbocycles. The number of hydrogen-bond acceptors (Lipinski definition) is 5. The molecule has 1 aliphatic rings. The Bertz CT molecular complexity index is 390. The van der Waals surface area contributed by atoms with E-state index in [1.807, 2.05) is 12.1 Å². The molecule has 92 valence electrons. The van der Waals surface area contributed by atoms with Gasteiger partial charge in [-0.1, -0.05) is 12.1 Å². The second-order valence-corrected chi connectivity index (χ2v) is 3.79. The molecule has 5 nitrogen and oxygen atoms in total. The first-order valence-corrected chi connectivity index (χ1v) is 5.50. The van der Waals surface area contributed by atoms with Crippen molar-refractivity contribution in [3.8, 4) is 5.75 Å². The van der Waals surface area contributed by atoms with Gasteiger partial charge >= 0.3 is 5.97 Å². The minimum Gasteiger partial charge on any atom is -0.491 e. The normalized spacial score (nSPS) is 15.1. The number of hydrogen-bond donors (Lipinski definition) is 1. The van der Waals surface area contributed by atoms with Crippen LogP contribution in [0.4, 0.5) is 5.69 Å². The molecule has 0 bridgehead atoms. The Morgan fingerprint density at radius 1 is 1.41 bits per heavy atom. The van der Waals surface area contributed by atoms with Crippen molar-refractivity contribution in [3.05, 3.63) is 24.3 Å². The van der Waals surface area contributed by atoms with E-state index < -0.39 is 0 Å². The van der Waals surface area contributed by atoms with Crippen molar-refractivity contribution in [2.24, 2.45) is 0 Å². The average molecular weight is 237 g/mol. The fourth-order valence-corrected chi connectivity index (χ4v) is 1.38. The highest BCUT2D eigenvalue weighted by Crippen LogP contribution is 2.19. The lowest BCUT2D eigenvalue weighted by molar-refractivity contribution is -0.172. The van der Waals surface area contributed by atoms with Crippen LogP contribution in [0.15, 0.2) is 24.3 Å². The standard InChI is InChI=1S/C12H15NO4/c13-10-3-1-2-4-11(10)16-6-5-12(14)17-9-7-15-8-9/h1-4,9H,5-8,13H2. The van der Waals surface area contributed by atoms with E-state index in [0.717, 1.165) is 0 Å². The molecule has 2 rings (SSSR count). The van der Waals surface area contributed by atoms with Crippen LogP contribution in [0.2, 0.25) is 0 Å². The van der Waals surface area contributed by atoms with Gasteiger partial charge in [-0.05, 0) is 12.1 Å². The number of nitrogens with two attached hydrogens (primary N) is 1. The summed E-state index contributed by atoms with van der Waals surface area (Å²) < 4.78 is 15.4. The Labute approximate surface area is 99.5 Å². The van der Waals surface area contributed by atoms with E-state index >= 15 is 0 Å². The zero-order valence-corrected chi connectivity index (χ0v) is 9.43. The zero-order chi connectivity index (χ0) is 12.1. The molecule has 1 fully saturated rings. The van der Waals surface area contributed by atoms with E-state index in [4.69, 9.17) is 19.9 Å². The molecule has 0 unspecified atom stereocenters. The van der Waals surface area contributed by atoms with Crippen LogP contribution in [0.1, 0.15) is 6.42 Å². The molecule has 17 heavy (non-hydrogen) atoms. The van der Waals surface area contributed by atoms with Crippen molar-refractivity contribution >= 4 is 11.7 Å². The van der Waals surface area contributed by atoms with Crippen molar-refractivity contribution in [1.29, 1.82) is 0 Å². The summed E-state index contributed by atoms with van der Waals surface area (Å²) in [6.07, 6.45) is 0.134. The highest BCUT2D eigenvalue weighted by atomic mass is 16.6. The summed E-state index contributed by atoms with van der Waals surface area (Å²) in [5, 5.41) is 0. The van der Waals surface area contributed by atoms with E-state index in [9.17, 15) is 4.79 Å². The third kappa shape index (κ3) is 3.35. The number of anilines is 1. The smallest absolute Gasteiger partial charge is 0.309 e. The van der Waals surface area contributed by atoms with E-state index in [2.05, 4.69) is 0 Å². The lowest BCUT2D eigenvalue weighted by atomic mass is 10.3. The van der Waals surface area contributed by atoms with Gasteiger partial charge in [-0.3, -0.25) is 4.79 Å². The number of nitrogen functional groups attached to an aromatic ring is 1. The highest BCUT2D eigenvalue weighted by Gasteiger charge is 2.22. The maximum absolute atomic E-state index is 11.3. The van der Waals surface area contributed by atoms with Crippen molar-refractivity contribution in [2.75, 3.05) is 25.6 Å².